The van der Waals surface area contributed by atoms with Crippen molar-refractivity contribution in [2.45, 2.75) is 38.4 Å². The molecule has 0 unspecified atom stereocenters. The number of amides is 2. The minimum atomic E-state index is -1.04. The van der Waals surface area contributed by atoms with Gasteiger partial charge < -0.3 is 20.1 Å². The van der Waals surface area contributed by atoms with E-state index in [1.807, 2.05) is 12.1 Å². The fraction of sp³-hybridized carbons (Fsp3) is 0.438. The maximum atomic E-state index is 12.2. The molecular formula is C16H18N2O5. The average Bonchev–Trinajstić information content (AvgIpc) is 3.13. The molecule has 7 heteroatoms. The number of carbonyl (C=O) groups is 3. The van der Waals surface area contributed by atoms with Crippen LogP contribution < -0.4 is 10.2 Å². The number of carboxylic acids is 1. The predicted octanol–water partition coefficient (Wildman–Crippen LogP) is 1.17. The van der Waals surface area contributed by atoms with Crippen LogP contribution in [0.15, 0.2) is 18.2 Å². The number of hydrogen-bond donors (Lipinski definition) is 2. The lowest BCUT2D eigenvalue weighted by molar-refractivity contribution is -0.150. The van der Waals surface area contributed by atoms with Crippen LogP contribution >= 0.6 is 0 Å². The highest BCUT2D eigenvalue weighted by molar-refractivity contribution is 5.97. The Hall–Kier alpha value is -2.41. The molecule has 1 aromatic rings. The number of anilines is 2. The Balaban J connectivity index is 1.66. The molecule has 0 spiro atoms. The molecule has 7 nitrogen and oxygen atoms in total. The van der Waals surface area contributed by atoms with Gasteiger partial charge in [0, 0.05) is 24.8 Å². The van der Waals surface area contributed by atoms with Crippen LogP contribution in [0.3, 0.4) is 0 Å². The minimum absolute atomic E-state index is 0.000367. The summed E-state index contributed by atoms with van der Waals surface area (Å²) in [5.74, 6) is -1.38. The third-order valence-corrected chi connectivity index (χ3v) is 4.21. The molecule has 2 aliphatic rings. The van der Waals surface area contributed by atoms with Gasteiger partial charge >= 0.3 is 5.97 Å². The molecule has 23 heavy (non-hydrogen) atoms. The number of rotatable bonds is 3. The monoisotopic (exact) mass is 318 g/mol. The van der Waals surface area contributed by atoms with Gasteiger partial charge in [-0.3, -0.25) is 9.59 Å². The van der Waals surface area contributed by atoms with Crippen LogP contribution in [0.25, 0.3) is 0 Å². The van der Waals surface area contributed by atoms with E-state index in [9.17, 15) is 14.4 Å². The summed E-state index contributed by atoms with van der Waals surface area (Å²) in [7, 11) is 0. The maximum absolute atomic E-state index is 12.2. The molecule has 2 N–H and O–H groups in total. The van der Waals surface area contributed by atoms with Crippen LogP contribution in [0.5, 0.6) is 0 Å². The van der Waals surface area contributed by atoms with Crippen LogP contribution in [-0.2, 0) is 25.5 Å². The number of hydrogen-bond acceptors (Lipinski definition) is 4. The molecule has 2 atom stereocenters. The van der Waals surface area contributed by atoms with Crippen molar-refractivity contribution in [3.63, 3.8) is 0 Å². The Bertz CT molecular complexity index is 672. The molecule has 3 rings (SSSR count). The van der Waals surface area contributed by atoms with Gasteiger partial charge in [0.05, 0.1) is 0 Å². The van der Waals surface area contributed by atoms with Crippen LogP contribution in [0.1, 0.15) is 25.3 Å². The fourth-order valence-electron chi connectivity index (χ4n) is 3.04. The number of ether oxygens (including phenoxy) is 1. The van der Waals surface area contributed by atoms with Crippen LogP contribution in [0.4, 0.5) is 11.4 Å². The molecule has 2 aliphatic heterocycles. The third kappa shape index (κ3) is 3.05. The molecule has 2 amide bonds. The van der Waals surface area contributed by atoms with Crippen molar-refractivity contribution >= 4 is 29.2 Å². The van der Waals surface area contributed by atoms with Crippen LogP contribution in [-0.4, -0.2) is 41.6 Å². The predicted molar refractivity (Wildman–Crippen MR) is 82.3 cm³/mol. The van der Waals surface area contributed by atoms with Gasteiger partial charge in [-0.05, 0) is 43.0 Å². The first-order valence-corrected chi connectivity index (χ1v) is 7.56. The fourth-order valence-corrected chi connectivity index (χ4v) is 3.04. The Morgan fingerprint density at radius 1 is 1.26 bits per heavy atom. The zero-order valence-corrected chi connectivity index (χ0v) is 12.7. The van der Waals surface area contributed by atoms with E-state index in [1.165, 1.54) is 6.92 Å². The summed E-state index contributed by atoms with van der Waals surface area (Å²) in [6, 6.07) is 5.40. The van der Waals surface area contributed by atoms with E-state index < -0.39 is 18.2 Å². The number of aliphatic carboxylic acids is 1. The third-order valence-electron chi connectivity index (χ3n) is 4.21. The average molecular weight is 318 g/mol. The lowest BCUT2D eigenvalue weighted by atomic mass is 10.1. The van der Waals surface area contributed by atoms with E-state index in [2.05, 4.69) is 5.32 Å². The van der Waals surface area contributed by atoms with Crippen molar-refractivity contribution in [1.29, 1.82) is 0 Å². The van der Waals surface area contributed by atoms with Crippen molar-refractivity contribution in [2.75, 3.05) is 16.8 Å². The van der Waals surface area contributed by atoms with Gasteiger partial charge in [-0.15, -0.1) is 0 Å². The second kappa shape index (κ2) is 6.00. The summed E-state index contributed by atoms with van der Waals surface area (Å²) in [6.07, 6.45) is -0.163. The highest BCUT2D eigenvalue weighted by Crippen LogP contribution is 2.31. The van der Waals surface area contributed by atoms with Crippen molar-refractivity contribution in [3.05, 3.63) is 23.8 Å². The van der Waals surface area contributed by atoms with E-state index in [1.54, 1.807) is 11.0 Å². The number of fused-ring (bicyclic) bond motifs is 1. The van der Waals surface area contributed by atoms with E-state index in [0.29, 0.717) is 25.1 Å². The molecular weight excluding hydrogens is 300 g/mol. The molecule has 122 valence electrons. The summed E-state index contributed by atoms with van der Waals surface area (Å²) in [5.41, 5.74) is 2.51. The van der Waals surface area contributed by atoms with Gasteiger partial charge in [0.2, 0.25) is 5.91 Å². The first kappa shape index (κ1) is 15.5. The summed E-state index contributed by atoms with van der Waals surface area (Å²) < 4.78 is 5.23. The largest absolute Gasteiger partial charge is 0.479 e. The second-order valence-corrected chi connectivity index (χ2v) is 5.78. The Kier molecular flexibility index (Phi) is 4.04. The number of nitrogens with zero attached hydrogens (tertiary/aromatic N) is 1. The van der Waals surface area contributed by atoms with Gasteiger partial charge in [-0.2, -0.15) is 0 Å². The highest BCUT2D eigenvalue weighted by atomic mass is 16.5. The van der Waals surface area contributed by atoms with Crippen molar-refractivity contribution in [1.82, 2.24) is 0 Å². The molecule has 0 aromatic heterocycles. The molecule has 1 saturated heterocycles. The Morgan fingerprint density at radius 3 is 2.65 bits per heavy atom. The number of carbonyl (C=O) groups excluding carboxylic acids is 2. The smallest absolute Gasteiger partial charge is 0.332 e. The molecule has 0 radical (unpaired) electrons. The van der Waals surface area contributed by atoms with Gasteiger partial charge in [0.25, 0.3) is 5.91 Å². The molecule has 0 aliphatic carbocycles. The van der Waals surface area contributed by atoms with E-state index in [4.69, 9.17) is 9.84 Å². The number of carboxylic acid groups (broad SMARTS) is 1. The normalized spacial score (nSPS) is 22.7. The molecule has 2 heterocycles. The molecule has 0 saturated carbocycles. The summed E-state index contributed by atoms with van der Waals surface area (Å²) in [5, 5.41) is 11.6. The van der Waals surface area contributed by atoms with Crippen LogP contribution in [0.2, 0.25) is 0 Å². The van der Waals surface area contributed by atoms with Crippen LogP contribution in [0, 0.1) is 0 Å². The quantitative estimate of drug-likeness (QED) is 0.872. The lowest BCUT2D eigenvalue weighted by Gasteiger charge is -2.16. The summed E-state index contributed by atoms with van der Waals surface area (Å²) in [4.78, 5) is 36.2. The SMILES string of the molecule is CC(=O)N1CCc2cc(NC(=O)[C@@H]3CC[C@H](C(=O)O)O3)ccc21. The highest BCUT2D eigenvalue weighted by Gasteiger charge is 2.34. The molecule has 1 fully saturated rings. The molecule has 0 bridgehead atoms. The maximum Gasteiger partial charge on any atom is 0.332 e. The Labute approximate surface area is 133 Å². The second-order valence-electron chi connectivity index (χ2n) is 5.78. The summed E-state index contributed by atoms with van der Waals surface area (Å²) >= 11 is 0. The van der Waals surface area contributed by atoms with E-state index in [-0.39, 0.29) is 11.8 Å². The number of benzene rings is 1. The van der Waals surface area contributed by atoms with E-state index in [0.717, 1.165) is 17.7 Å². The van der Waals surface area contributed by atoms with Crippen molar-refractivity contribution < 1.29 is 24.2 Å². The van der Waals surface area contributed by atoms with Gasteiger partial charge in [0.1, 0.15) is 6.10 Å². The van der Waals surface area contributed by atoms with Gasteiger partial charge in [-0.1, -0.05) is 0 Å². The molecule has 1 aromatic carbocycles. The minimum Gasteiger partial charge on any atom is -0.479 e. The lowest BCUT2D eigenvalue weighted by Crippen LogP contribution is -2.30. The van der Waals surface area contributed by atoms with Gasteiger partial charge in [-0.25, -0.2) is 4.79 Å². The van der Waals surface area contributed by atoms with E-state index >= 15 is 0 Å². The zero-order valence-electron chi connectivity index (χ0n) is 12.7. The first-order valence-electron chi connectivity index (χ1n) is 7.56. The van der Waals surface area contributed by atoms with Gasteiger partial charge in [0.15, 0.2) is 6.10 Å². The first-order chi connectivity index (χ1) is 11.0. The number of nitrogens with one attached hydrogen (secondary N) is 1. The standard InChI is InChI=1S/C16H18N2O5/c1-9(19)18-7-6-10-8-11(2-3-12(10)18)17-15(20)13-4-5-14(23-13)16(21)22/h2-3,8,13-14H,4-7H2,1H3,(H,17,20)(H,21,22)/t13-,14+/m0/s1. The zero-order chi connectivity index (χ0) is 16.6. The van der Waals surface area contributed by atoms with Crippen molar-refractivity contribution in [2.24, 2.45) is 0 Å². The Morgan fingerprint density at radius 2 is 2.00 bits per heavy atom. The van der Waals surface area contributed by atoms with Crippen molar-refractivity contribution in [3.8, 4) is 0 Å². The topological polar surface area (TPSA) is 95.9 Å². The summed E-state index contributed by atoms with van der Waals surface area (Å²) in [6.45, 7) is 2.18.